The van der Waals surface area contributed by atoms with Gasteiger partial charge in [0.15, 0.2) is 5.82 Å². The van der Waals surface area contributed by atoms with Gasteiger partial charge < -0.3 is 9.88 Å². The second-order valence-electron chi connectivity index (χ2n) is 8.62. The molecule has 35 heavy (non-hydrogen) atoms. The van der Waals surface area contributed by atoms with Crippen LogP contribution in [-0.2, 0) is 23.0 Å². The van der Waals surface area contributed by atoms with Crippen LogP contribution in [0.4, 0.5) is 0 Å². The summed E-state index contributed by atoms with van der Waals surface area (Å²) in [4.78, 5) is 10.1. The van der Waals surface area contributed by atoms with E-state index in [0.29, 0.717) is 31.0 Å². The fraction of sp³-hybridized carbons (Fsp3) is 0.385. The molecule has 0 radical (unpaired) electrons. The molecule has 2 heterocycles. The molecular formula is C26H34N6O2S. The van der Waals surface area contributed by atoms with Crippen molar-refractivity contribution in [3.63, 3.8) is 0 Å². The minimum Gasteiger partial charge on any atom is -0.360 e. The van der Waals surface area contributed by atoms with E-state index in [-0.39, 0.29) is 12.3 Å². The summed E-state index contributed by atoms with van der Waals surface area (Å²) in [6.45, 7) is 7.35. The molecule has 0 fully saturated rings. The number of aromatic nitrogens is 4. The summed E-state index contributed by atoms with van der Waals surface area (Å²) >= 11 is 0. The average Bonchev–Trinajstić information content (AvgIpc) is 3.52. The van der Waals surface area contributed by atoms with Gasteiger partial charge in [-0.15, -0.1) is 0 Å². The topological polar surface area (TPSA) is 98.0 Å². The zero-order valence-electron chi connectivity index (χ0n) is 20.4. The van der Waals surface area contributed by atoms with E-state index in [4.69, 9.17) is 0 Å². The summed E-state index contributed by atoms with van der Waals surface area (Å²) in [5.41, 5.74) is 3.00. The monoisotopic (exact) mass is 494 g/mol. The number of nitrogens with zero attached hydrogens (tertiary/aromatic N) is 4. The van der Waals surface area contributed by atoms with Gasteiger partial charge >= 0.3 is 0 Å². The first kappa shape index (κ1) is 25.1. The predicted molar refractivity (Wildman–Crippen MR) is 140 cm³/mol. The van der Waals surface area contributed by atoms with Crippen LogP contribution in [0.5, 0.6) is 0 Å². The molecule has 8 nitrogen and oxygen atoms in total. The molecule has 0 amide bonds. The fourth-order valence-corrected chi connectivity index (χ4v) is 5.71. The Balaban J connectivity index is 1.51. The lowest BCUT2D eigenvalue weighted by molar-refractivity contribution is 0.303. The number of benzene rings is 2. The van der Waals surface area contributed by atoms with E-state index in [1.807, 2.05) is 60.8 Å². The number of hydrogen-bond acceptors (Lipinski definition) is 5. The zero-order chi connectivity index (χ0) is 24.7. The lowest BCUT2D eigenvalue weighted by Crippen LogP contribution is -2.36. The van der Waals surface area contributed by atoms with Gasteiger partial charge in [0, 0.05) is 29.2 Å². The Kier molecular flexibility index (Phi) is 8.33. The molecule has 4 rings (SSSR count). The largest absolute Gasteiger partial charge is 0.360 e. The molecule has 0 saturated carbocycles. The van der Waals surface area contributed by atoms with Crippen LogP contribution in [0.25, 0.3) is 22.3 Å². The second-order valence-corrected chi connectivity index (χ2v) is 10.7. The van der Waals surface area contributed by atoms with Gasteiger partial charge in [-0.05, 0) is 44.1 Å². The van der Waals surface area contributed by atoms with E-state index < -0.39 is 10.0 Å². The van der Waals surface area contributed by atoms with Crippen molar-refractivity contribution in [1.29, 1.82) is 0 Å². The van der Waals surface area contributed by atoms with Crippen LogP contribution in [0.2, 0.25) is 0 Å². The number of fused-ring (bicyclic) bond motifs is 1. The van der Waals surface area contributed by atoms with Gasteiger partial charge in [0.25, 0.3) is 0 Å². The Morgan fingerprint density at radius 3 is 2.46 bits per heavy atom. The molecule has 2 N–H and O–H groups in total. The Bertz CT molecular complexity index is 1310. The van der Waals surface area contributed by atoms with E-state index in [1.165, 1.54) is 0 Å². The van der Waals surface area contributed by atoms with Crippen LogP contribution in [0.15, 0.2) is 60.8 Å². The molecule has 0 aliphatic rings. The van der Waals surface area contributed by atoms with Gasteiger partial charge in [-0.1, -0.05) is 62.4 Å². The molecule has 0 atom stereocenters. The Hall–Kier alpha value is -3.01. The molecule has 4 aromatic rings. The third kappa shape index (κ3) is 6.36. The molecule has 2 aromatic carbocycles. The Morgan fingerprint density at radius 1 is 0.943 bits per heavy atom. The van der Waals surface area contributed by atoms with Crippen molar-refractivity contribution in [2.75, 3.05) is 31.9 Å². The average molecular weight is 495 g/mol. The normalized spacial score (nSPS) is 12.2. The van der Waals surface area contributed by atoms with E-state index in [2.05, 4.69) is 38.9 Å². The van der Waals surface area contributed by atoms with E-state index >= 15 is 0 Å². The SMILES string of the molecule is CCN(CC)CCCS(=O)(=O)N(CCc1ccccc1)Cc1nc(-c2c[nH]c3ccccc23)n[nH]1. The van der Waals surface area contributed by atoms with Crippen molar-refractivity contribution in [3.8, 4) is 11.4 Å². The number of nitrogens with one attached hydrogen (secondary N) is 2. The predicted octanol–water partition coefficient (Wildman–Crippen LogP) is 4.06. The number of hydrogen-bond donors (Lipinski definition) is 2. The summed E-state index contributed by atoms with van der Waals surface area (Å²) in [6.07, 6.45) is 3.12. The summed E-state index contributed by atoms with van der Waals surface area (Å²) in [6, 6.07) is 17.9. The maximum atomic E-state index is 13.4. The number of H-pyrrole nitrogens is 2. The van der Waals surface area contributed by atoms with Crippen molar-refractivity contribution in [2.45, 2.75) is 33.2 Å². The third-order valence-corrected chi connectivity index (χ3v) is 8.25. The number of para-hydroxylation sites is 1. The van der Waals surface area contributed by atoms with Gasteiger partial charge in [0.1, 0.15) is 5.82 Å². The lowest BCUT2D eigenvalue weighted by atomic mass is 10.1. The summed E-state index contributed by atoms with van der Waals surface area (Å²) in [5, 5.41) is 8.38. The molecule has 0 unspecified atom stereocenters. The smallest absolute Gasteiger partial charge is 0.214 e. The third-order valence-electron chi connectivity index (χ3n) is 6.35. The van der Waals surface area contributed by atoms with Crippen molar-refractivity contribution >= 4 is 20.9 Å². The van der Waals surface area contributed by atoms with Crippen LogP contribution < -0.4 is 0 Å². The first-order valence-corrected chi connectivity index (χ1v) is 13.8. The minimum atomic E-state index is -3.47. The van der Waals surface area contributed by atoms with Crippen LogP contribution >= 0.6 is 0 Å². The molecule has 0 aliphatic heterocycles. The van der Waals surface area contributed by atoms with Crippen molar-refractivity contribution in [2.24, 2.45) is 0 Å². The molecule has 9 heteroatoms. The highest BCUT2D eigenvalue weighted by Gasteiger charge is 2.24. The highest BCUT2D eigenvalue weighted by atomic mass is 32.2. The molecule has 2 aromatic heterocycles. The highest BCUT2D eigenvalue weighted by Crippen LogP contribution is 2.26. The van der Waals surface area contributed by atoms with Gasteiger partial charge in [0.2, 0.25) is 10.0 Å². The molecule has 0 saturated heterocycles. The van der Waals surface area contributed by atoms with Gasteiger partial charge in [-0.3, -0.25) is 5.10 Å². The van der Waals surface area contributed by atoms with Crippen molar-refractivity contribution in [3.05, 3.63) is 72.2 Å². The maximum Gasteiger partial charge on any atom is 0.214 e. The quantitative estimate of drug-likeness (QED) is 0.292. The lowest BCUT2D eigenvalue weighted by Gasteiger charge is -2.23. The first-order chi connectivity index (χ1) is 17.0. The summed E-state index contributed by atoms with van der Waals surface area (Å²) in [7, 11) is -3.47. The molecule has 186 valence electrons. The zero-order valence-corrected chi connectivity index (χ0v) is 21.3. The van der Waals surface area contributed by atoms with Crippen LogP contribution in [0.3, 0.4) is 0 Å². The van der Waals surface area contributed by atoms with Gasteiger partial charge in [0.05, 0.1) is 12.3 Å². The molecular weight excluding hydrogens is 460 g/mol. The van der Waals surface area contributed by atoms with E-state index in [1.54, 1.807) is 4.31 Å². The number of aromatic amines is 2. The Labute approximate surface area is 207 Å². The molecule has 0 bridgehead atoms. The summed E-state index contributed by atoms with van der Waals surface area (Å²) in [5.74, 6) is 1.20. The van der Waals surface area contributed by atoms with Crippen LogP contribution in [0, 0.1) is 0 Å². The highest BCUT2D eigenvalue weighted by molar-refractivity contribution is 7.89. The van der Waals surface area contributed by atoms with Crippen LogP contribution in [-0.4, -0.2) is 69.7 Å². The fourth-order valence-electron chi connectivity index (χ4n) is 4.26. The number of sulfonamides is 1. The van der Waals surface area contributed by atoms with Crippen molar-refractivity contribution in [1.82, 2.24) is 29.4 Å². The number of rotatable bonds is 13. The van der Waals surface area contributed by atoms with E-state index in [0.717, 1.165) is 41.7 Å². The first-order valence-electron chi connectivity index (χ1n) is 12.2. The minimum absolute atomic E-state index is 0.113. The Morgan fingerprint density at radius 2 is 1.69 bits per heavy atom. The summed E-state index contributed by atoms with van der Waals surface area (Å²) < 4.78 is 28.3. The molecule has 0 aliphatic carbocycles. The standard InChI is InChI=1S/C26H34N6O2S/c1-3-31(4-2)16-10-18-35(33,34)32(17-15-21-11-6-5-7-12-21)20-25-28-26(30-29-25)23-19-27-24-14-9-8-13-22(23)24/h5-9,11-14,19,27H,3-4,10,15-18,20H2,1-2H3,(H,28,29,30). The van der Waals surface area contributed by atoms with Gasteiger partial charge in [-0.2, -0.15) is 9.40 Å². The van der Waals surface area contributed by atoms with E-state index in [9.17, 15) is 8.42 Å². The second kappa shape index (κ2) is 11.6. The molecule has 0 spiro atoms. The van der Waals surface area contributed by atoms with Gasteiger partial charge in [-0.25, -0.2) is 13.4 Å². The van der Waals surface area contributed by atoms with Crippen molar-refractivity contribution < 1.29 is 8.42 Å². The maximum absolute atomic E-state index is 13.4. The van der Waals surface area contributed by atoms with Crippen LogP contribution in [0.1, 0.15) is 31.7 Å².